The minimum atomic E-state index is -4.82. The molecule has 2 unspecified atom stereocenters. The zero-order valence-electron chi connectivity index (χ0n) is 22.3. The molecule has 212 valence electrons. The quantitative estimate of drug-likeness (QED) is 0.408. The van der Waals surface area contributed by atoms with Crippen molar-refractivity contribution in [1.29, 1.82) is 0 Å². The number of hydrogen-bond acceptors (Lipinski definition) is 9. The molecule has 2 atom stereocenters. The summed E-state index contributed by atoms with van der Waals surface area (Å²) in [4.78, 5) is 32.2. The molecule has 4 heterocycles. The SMILES string of the molecule is CC(C)(C)OC(=O)NC1CCC12CCN(c1cc(Nc3cc(OC(F)(F)F)ccn3)nc(-c3cccnc3)n1)C2. The van der Waals surface area contributed by atoms with Crippen LogP contribution in [0.5, 0.6) is 5.75 Å². The Bertz CT molecular complexity index is 1370. The second-order valence-electron chi connectivity index (χ2n) is 11.0. The predicted octanol–water partition coefficient (Wildman–Crippen LogP) is 5.46. The maximum absolute atomic E-state index is 12.7. The van der Waals surface area contributed by atoms with Gasteiger partial charge in [0.05, 0.1) is 0 Å². The van der Waals surface area contributed by atoms with Gasteiger partial charge in [0.15, 0.2) is 5.82 Å². The number of ether oxygens (including phenoxy) is 2. The first kappa shape index (κ1) is 27.4. The fraction of sp³-hybridized carbons (Fsp3) is 0.444. The van der Waals surface area contributed by atoms with Crippen molar-refractivity contribution in [2.24, 2.45) is 5.41 Å². The molecule has 10 nitrogen and oxygen atoms in total. The highest BCUT2D eigenvalue weighted by Gasteiger charge is 2.52. The van der Waals surface area contributed by atoms with Crippen LogP contribution in [0.1, 0.15) is 40.0 Å². The summed E-state index contributed by atoms with van der Waals surface area (Å²) >= 11 is 0. The van der Waals surface area contributed by atoms with Crippen LogP contribution in [-0.4, -0.2) is 57.1 Å². The Morgan fingerprint density at radius 1 is 1.10 bits per heavy atom. The maximum Gasteiger partial charge on any atom is 0.573 e. The standard InChI is InChI=1S/C27H30F3N7O3/c1-25(2,3)40-24(38)33-19-6-8-26(19)9-12-37(16-26)22-14-21(35-23(36-22)17-5-4-10-31-15-17)34-20-13-18(7-11-32-20)39-27(28,29)30/h4-5,7,10-11,13-15,19H,6,8-9,12,16H2,1-3H3,(H,33,38)(H,32,34,35,36). The molecule has 1 saturated heterocycles. The molecule has 0 bridgehead atoms. The molecule has 2 aliphatic rings. The lowest BCUT2D eigenvalue weighted by Crippen LogP contribution is -2.57. The molecule has 40 heavy (non-hydrogen) atoms. The fourth-order valence-electron chi connectivity index (χ4n) is 5.04. The molecular formula is C27H30F3N7O3. The molecule has 1 spiro atoms. The van der Waals surface area contributed by atoms with Crippen molar-refractivity contribution in [3.05, 3.63) is 48.9 Å². The van der Waals surface area contributed by atoms with Crippen molar-refractivity contribution in [1.82, 2.24) is 25.3 Å². The summed E-state index contributed by atoms with van der Waals surface area (Å²) in [6.45, 7) is 6.87. The van der Waals surface area contributed by atoms with Gasteiger partial charge in [-0.1, -0.05) is 0 Å². The first-order valence-electron chi connectivity index (χ1n) is 12.9. The van der Waals surface area contributed by atoms with Gasteiger partial charge in [-0.3, -0.25) is 4.98 Å². The number of amides is 1. The van der Waals surface area contributed by atoms with E-state index in [0.717, 1.165) is 31.4 Å². The number of nitrogens with zero attached hydrogens (tertiary/aromatic N) is 5. The Kier molecular flexibility index (Phi) is 7.15. The minimum Gasteiger partial charge on any atom is -0.444 e. The van der Waals surface area contributed by atoms with Crippen molar-refractivity contribution >= 4 is 23.5 Å². The third kappa shape index (κ3) is 6.52. The number of halogens is 3. The lowest BCUT2D eigenvalue weighted by molar-refractivity contribution is -0.274. The van der Waals surface area contributed by atoms with E-state index in [1.54, 1.807) is 24.5 Å². The van der Waals surface area contributed by atoms with Gasteiger partial charge in [0.2, 0.25) is 0 Å². The molecule has 3 aromatic heterocycles. The van der Waals surface area contributed by atoms with Crippen LogP contribution >= 0.6 is 0 Å². The van der Waals surface area contributed by atoms with Gasteiger partial charge < -0.3 is 25.0 Å². The van der Waals surface area contributed by atoms with Crippen LogP contribution in [0.15, 0.2) is 48.9 Å². The number of rotatable bonds is 6. The number of pyridine rings is 2. The average molecular weight is 558 g/mol. The van der Waals surface area contributed by atoms with Crippen molar-refractivity contribution in [3.8, 4) is 17.1 Å². The van der Waals surface area contributed by atoms with Gasteiger partial charge in [-0.2, -0.15) is 0 Å². The van der Waals surface area contributed by atoms with E-state index in [2.05, 4.69) is 35.2 Å². The number of carbonyl (C=O) groups is 1. The highest BCUT2D eigenvalue weighted by Crippen LogP contribution is 2.49. The summed E-state index contributed by atoms with van der Waals surface area (Å²) in [5.41, 5.74) is -0.00545. The fourth-order valence-corrected chi connectivity index (χ4v) is 5.04. The highest BCUT2D eigenvalue weighted by atomic mass is 19.4. The second-order valence-corrected chi connectivity index (χ2v) is 11.0. The molecule has 1 aliphatic carbocycles. The van der Waals surface area contributed by atoms with Gasteiger partial charge in [0.1, 0.15) is 28.8 Å². The molecule has 2 N–H and O–H groups in total. The van der Waals surface area contributed by atoms with E-state index in [1.807, 2.05) is 26.8 Å². The van der Waals surface area contributed by atoms with Gasteiger partial charge in [0, 0.05) is 60.8 Å². The van der Waals surface area contributed by atoms with Crippen LogP contribution in [0, 0.1) is 5.41 Å². The average Bonchev–Trinajstić information content (AvgIpc) is 3.34. The largest absolute Gasteiger partial charge is 0.573 e. The van der Waals surface area contributed by atoms with Crippen molar-refractivity contribution in [2.75, 3.05) is 23.3 Å². The Hall–Kier alpha value is -4.16. The Balaban J connectivity index is 1.38. The number of aromatic nitrogens is 4. The Morgan fingerprint density at radius 3 is 2.60 bits per heavy atom. The van der Waals surface area contributed by atoms with Crippen LogP contribution in [0.3, 0.4) is 0 Å². The van der Waals surface area contributed by atoms with Crippen LogP contribution in [0.2, 0.25) is 0 Å². The zero-order chi connectivity index (χ0) is 28.5. The van der Waals surface area contributed by atoms with Crippen molar-refractivity contribution in [2.45, 2.75) is 58.0 Å². The molecule has 0 aromatic carbocycles. The summed E-state index contributed by atoms with van der Waals surface area (Å²) < 4.78 is 47.6. The Labute approximate surface area is 229 Å². The molecule has 1 amide bonds. The third-order valence-corrected chi connectivity index (χ3v) is 6.92. The molecular weight excluding hydrogens is 527 g/mol. The number of alkyl halides is 3. The zero-order valence-corrected chi connectivity index (χ0v) is 22.3. The van der Waals surface area contributed by atoms with Crippen LogP contribution in [-0.2, 0) is 4.74 Å². The monoisotopic (exact) mass is 557 g/mol. The van der Waals surface area contributed by atoms with E-state index < -0.39 is 23.8 Å². The smallest absolute Gasteiger partial charge is 0.444 e. The van der Waals surface area contributed by atoms with Gasteiger partial charge in [-0.25, -0.2) is 19.7 Å². The number of hydrogen-bond donors (Lipinski definition) is 2. The minimum absolute atomic E-state index is 0.00912. The number of alkyl carbamates (subject to hydrolysis) is 1. The molecule has 1 aliphatic heterocycles. The molecule has 13 heteroatoms. The van der Waals surface area contributed by atoms with E-state index in [1.165, 1.54) is 6.20 Å². The lowest BCUT2D eigenvalue weighted by atomic mass is 9.64. The molecule has 5 rings (SSSR count). The third-order valence-electron chi connectivity index (χ3n) is 6.92. The molecule has 3 aromatic rings. The summed E-state index contributed by atoms with van der Waals surface area (Å²) in [5.74, 6) is 1.11. The van der Waals surface area contributed by atoms with Crippen molar-refractivity contribution < 1.29 is 27.4 Å². The maximum atomic E-state index is 12.7. The van der Waals surface area contributed by atoms with E-state index >= 15 is 0 Å². The van der Waals surface area contributed by atoms with Crippen LogP contribution < -0.4 is 20.3 Å². The molecule has 0 radical (unpaired) electrons. The topological polar surface area (TPSA) is 114 Å². The van der Waals surface area contributed by atoms with Crippen LogP contribution in [0.4, 0.5) is 35.4 Å². The summed E-state index contributed by atoms with van der Waals surface area (Å²) in [5, 5.41) is 6.02. The van der Waals surface area contributed by atoms with Crippen LogP contribution in [0.25, 0.3) is 11.4 Å². The van der Waals surface area contributed by atoms with E-state index in [0.29, 0.717) is 36.1 Å². The van der Waals surface area contributed by atoms with Gasteiger partial charge in [0.25, 0.3) is 0 Å². The van der Waals surface area contributed by atoms with Gasteiger partial charge >= 0.3 is 12.5 Å². The highest BCUT2D eigenvalue weighted by molar-refractivity contribution is 5.69. The second kappa shape index (κ2) is 10.4. The summed E-state index contributed by atoms with van der Waals surface area (Å²) in [6.07, 6.45) is 1.94. The van der Waals surface area contributed by atoms with E-state index in [9.17, 15) is 18.0 Å². The normalized spacial score (nSPS) is 20.6. The lowest BCUT2D eigenvalue weighted by Gasteiger charge is -2.47. The Morgan fingerprint density at radius 2 is 1.93 bits per heavy atom. The first-order chi connectivity index (χ1) is 18.9. The number of anilines is 3. The van der Waals surface area contributed by atoms with Gasteiger partial charge in [-0.15, -0.1) is 13.2 Å². The van der Waals surface area contributed by atoms with Crippen molar-refractivity contribution in [3.63, 3.8) is 0 Å². The molecule has 2 fully saturated rings. The van der Waals surface area contributed by atoms with Gasteiger partial charge in [-0.05, 0) is 58.2 Å². The number of nitrogens with one attached hydrogen (secondary N) is 2. The van der Waals surface area contributed by atoms with E-state index in [-0.39, 0.29) is 17.3 Å². The molecule has 1 saturated carbocycles. The summed E-state index contributed by atoms with van der Waals surface area (Å²) in [7, 11) is 0. The van der Waals surface area contributed by atoms with E-state index in [4.69, 9.17) is 9.72 Å². The predicted molar refractivity (Wildman–Crippen MR) is 141 cm³/mol. The summed E-state index contributed by atoms with van der Waals surface area (Å²) in [6, 6.07) is 7.58. The number of carbonyl (C=O) groups excluding carboxylic acids is 1. The first-order valence-corrected chi connectivity index (χ1v) is 12.9.